The van der Waals surface area contributed by atoms with Crippen LogP contribution in [-0.4, -0.2) is 54.7 Å². The molecule has 0 saturated carbocycles. The zero-order valence-electron chi connectivity index (χ0n) is 13.4. The second-order valence-electron chi connectivity index (χ2n) is 5.90. The zero-order valence-corrected chi connectivity index (χ0v) is 15.0. The summed E-state index contributed by atoms with van der Waals surface area (Å²) in [4.78, 5) is 17.5. The SMILES string of the molecule is O=C(c1cc2ccccc2[nH]1)N1CCN(S(=O)(=O)c2cccs2)CC1. The Morgan fingerprint density at radius 1 is 1.04 bits per heavy atom. The maximum atomic E-state index is 12.7. The third-order valence-electron chi connectivity index (χ3n) is 4.38. The summed E-state index contributed by atoms with van der Waals surface area (Å²) in [5.41, 5.74) is 1.46. The van der Waals surface area contributed by atoms with E-state index in [1.54, 1.807) is 22.4 Å². The maximum absolute atomic E-state index is 12.7. The minimum Gasteiger partial charge on any atom is -0.351 e. The number of rotatable bonds is 3. The summed E-state index contributed by atoms with van der Waals surface area (Å²) < 4.78 is 26.9. The van der Waals surface area contributed by atoms with Crippen LogP contribution in [0.4, 0.5) is 0 Å². The van der Waals surface area contributed by atoms with Gasteiger partial charge in [0.15, 0.2) is 0 Å². The van der Waals surface area contributed by atoms with E-state index in [1.807, 2.05) is 30.3 Å². The number of H-pyrrole nitrogens is 1. The summed E-state index contributed by atoms with van der Waals surface area (Å²) in [5.74, 6) is -0.0932. The number of benzene rings is 1. The first kappa shape index (κ1) is 16.3. The third kappa shape index (κ3) is 2.97. The van der Waals surface area contributed by atoms with Gasteiger partial charge in [0, 0.05) is 37.1 Å². The van der Waals surface area contributed by atoms with Crippen LogP contribution >= 0.6 is 11.3 Å². The molecule has 1 aromatic carbocycles. The Morgan fingerprint density at radius 2 is 1.80 bits per heavy atom. The van der Waals surface area contributed by atoms with Crippen molar-refractivity contribution in [2.45, 2.75) is 4.21 Å². The van der Waals surface area contributed by atoms with Crippen LogP contribution in [-0.2, 0) is 10.0 Å². The van der Waals surface area contributed by atoms with Gasteiger partial charge in [0.25, 0.3) is 15.9 Å². The van der Waals surface area contributed by atoms with Crippen molar-refractivity contribution in [2.24, 2.45) is 0 Å². The van der Waals surface area contributed by atoms with E-state index in [0.717, 1.165) is 10.9 Å². The lowest BCUT2D eigenvalue weighted by Crippen LogP contribution is -2.50. The van der Waals surface area contributed by atoms with E-state index in [0.29, 0.717) is 36.1 Å². The van der Waals surface area contributed by atoms with Crippen molar-refractivity contribution in [1.82, 2.24) is 14.2 Å². The summed E-state index contributed by atoms with van der Waals surface area (Å²) >= 11 is 1.21. The number of aromatic nitrogens is 1. The molecular weight excluding hydrogens is 358 g/mol. The number of fused-ring (bicyclic) bond motifs is 1. The first-order valence-electron chi connectivity index (χ1n) is 7.96. The quantitative estimate of drug-likeness (QED) is 0.764. The number of nitrogens with one attached hydrogen (secondary N) is 1. The Labute approximate surface area is 149 Å². The summed E-state index contributed by atoms with van der Waals surface area (Å²) in [5, 5.41) is 2.74. The van der Waals surface area contributed by atoms with Gasteiger partial charge in [-0.05, 0) is 23.6 Å². The van der Waals surface area contributed by atoms with Gasteiger partial charge in [0.1, 0.15) is 9.90 Å². The van der Waals surface area contributed by atoms with Crippen LogP contribution in [0, 0.1) is 0 Å². The number of nitrogens with zero attached hydrogens (tertiary/aromatic N) is 2. The van der Waals surface area contributed by atoms with Gasteiger partial charge in [-0.3, -0.25) is 4.79 Å². The van der Waals surface area contributed by atoms with Crippen LogP contribution in [0.1, 0.15) is 10.5 Å². The Balaban J connectivity index is 1.47. The fourth-order valence-electron chi connectivity index (χ4n) is 3.03. The minimum atomic E-state index is -3.45. The van der Waals surface area contributed by atoms with Crippen molar-refractivity contribution in [3.8, 4) is 0 Å². The average Bonchev–Trinajstić information content (AvgIpc) is 3.31. The van der Waals surface area contributed by atoms with Crippen LogP contribution in [0.25, 0.3) is 10.9 Å². The van der Waals surface area contributed by atoms with Crippen LogP contribution in [0.15, 0.2) is 52.1 Å². The van der Waals surface area contributed by atoms with E-state index in [4.69, 9.17) is 0 Å². The fourth-order valence-corrected chi connectivity index (χ4v) is 5.59. The largest absolute Gasteiger partial charge is 0.351 e. The highest BCUT2D eigenvalue weighted by Crippen LogP contribution is 2.23. The molecule has 8 heteroatoms. The number of hydrogen-bond acceptors (Lipinski definition) is 4. The third-order valence-corrected chi connectivity index (χ3v) is 7.65. The summed E-state index contributed by atoms with van der Waals surface area (Å²) in [6.45, 7) is 1.40. The van der Waals surface area contributed by atoms with Crippen LogP contribution in [0.2, 0.25) is 0 Å². The molecule has 0 bridgehead atoms. The van der Waals surface area contributed by atoms with Crippen molar-refractivity contribution in [1.29, 1.82) is 0 Å². The molecule has 130 valence electrons. The predicted molar refractivity (Wildman–Crippen MR) is 97.3 cm³/mol. The first-order valence-corrected chi connectivity index (χ1v) is 10.3. The fraction of sp³-hybridized carbons (Fsp3) is 0.235. The molecule has 6 nitrogen and oxygen atoms in total. The molecule has 3 aromatic rings. The molecule has 4 rings (SSSR count). The van der Waals surface area contributed by atoms with E-state index in [9.17, 15) is 13.2 Å². The molecule has 1 N–H and O–H groups in total. The second-order valence-corrected chi connectivity index (χ2v) is 9.01. The molecular formula is C17H17N3O3S2. The Hall–Kier alpha value is -2.16. The standard InChI is InChI=1S/C17H17N3O3S2/c21-17(15-12-13-4-1-2-5-14(13)18-15)19-7-9-20(10-8-19)25(22,23)16-6-3-11-24-16/h1-6,11-12,18H,7-10H2. The van der Waals surface area contributed by atoms with Gasteiger partial charge in [-0.1, -0.05) is 24.3 Å². The molecule has 3 heterocycles. The number of para-hydroxylation sites is 1. The first-order chi connectivity index (χ1) is 12.1. The second kappa shape index (κ2) is 6.29. The smallest absolute Gasteiger partial charge is 0.270 e. The van der Waals surface area contributed by atoms with Crippen LogP contribution in [0.5, 0.6) is 0 Å². The molecule has 0 aliphatic carbocycles. The number of carbonyl (C=O) groups is 1. The summed E-state index contributed by atoms with van der Waals surface area (Å²) in [7, 11) is -3.45. The van der Waals surface area contributed by atoms with Crippen molar-refractivity contribution in [3.05, 3.63) is 53.5 Å². The van der Waals surface area contributed by atoms with Gasteiger partial charge in [-0.15, -0.1) is 11.3 Å². The predicted octanol–water partition coefficient (Wildman–Crippen LogP) is 2.38. The molecule has 1 fully saturated rings. The molecule has 0 radical (unpaired) electrons. The van der Waals surface area contributed by atoms with Crippen LogP contribution < -0.4 is 0 Å². The van der Waals surface area contributed by atoms with E-state index in [-0.39, 0.29) is 5.91 Å². The van der Waals surface area contributed by atoms with E-state index in [2.05, 4.69) is 4.98 Å². The highest BCUT2D eigenvalue weighted by atomic mass is 32.2. The van der Waals surface area contributed by atoms with Gasteiger partial charge < -0.3 is 9.88 Å². The summed E-state index contributed by atoms with van der Waals surface area (Å²) in [6, 6.07) is 12.9. The zero-order chi connectivity index (χ0) is 17.4. The monoisotopic (exact) mass is 375 g/mol. The number of thiophene rings is 1. The van der Waals surface area contributed by atoms with Gasteiger partial charge in [0.2, 0.25) is 0 Å². The number of carbonyl (C=O) groups excluding carboxylic acids is 1. The Kier molecular flexibility index (Phi) is 4.10. The number of sulfonamides is 1. The Bertz CT molecular complexity index is 968. The lowest BCUT2D eigenvalue weighted by molar-refractivity contribution is 0.0693. The van der Waals surface area contributed by atoms with Crippen molar-refractivity contribution in [3.63, 3.8) is 0 Å². The highest BCUT2D eigenvalue weighted by molar-refractivity contribution is 7.91. The van der Waals surface area contributed by atoms with E-state index >= 15 is 0 Å². The van der Waals surface area contributed by atoms with Crippen molar-refractivity contribution in [2.75, 3.05) is 26.2 Å². The average molecular weight is 375 g/mol. The molecule has 0 spiro atoms. The Morgan fingerprint density at radius 3 is 2.48 bits per heavy atom. The molecule has 1 aliphatic heterocycles. The lowest BCUT2D eigenvalue weighted by atomic mass is 10.2. The van der Waals surface area contributed by atoms with E-state index < -0.39 is 10.0 Å². The maximum Gasteiger partial charge on any atom is 0.270 e. The minimum absolute atomic E-state index is 0.0932. The van der Waals surface area contributed by atoms with Gasteiger partial charge in [0.05, 0.1) is 0 Å². The van der Waals surface area contributed by atoms with Crippen molar-refractivity contribution >= 4 is 38.2 Å². The molecule has 1 amide bonds. The number of amides is 1. The molecule has 1 saturated heterocycles. The highest BCUT2D eigenvalue weighted by Gasteiger charge is 2.31. The molecule has 0 atom stereocenters. The molecule has 2 aromatic heterocycles. The van der Waals surface area contributed by atoms with E-state index in [1.165, 1.54) is 15.6 Å². The summed E-state index contributed by atoms with van der Waals surface area (Å²) in [6.07, 6.45) is 0. The topological polar surface area (TPSA) is 73.5 Å². The number of aromatic amines is 1. The van der Waals surface area contributed by atoms with Gasteiger partial charge in [-0.2, -0.15) is 4.31 Å². The molecule has 25 heavy (non-hydrogen) atoms. The lowest BCUT2D eigenvalue weighted by Gasteiger charge is -2.33. The van der Waals surface area contributed by atoms with Gasteiger partial charge >= 0.3 is 0 Å². The molecule has 0 unspecified atom stereocenters. The van der Waals surface area contributed by atoms with Crippen molar-refractivity contribution < 1.29 is 13.2 Å². The number of piperazine rings is 1. The van der Waals surface area contributed by atoms with Gasteiger partial charge in [-0.25, -0.2) is 8.42 Å². The normalized spacial score (nSPS) is 16.4. The van der Waals surface area contributed by atoms with Crippen LogP contribution in [0.3, 0.4) is 0 Å². The molecule has 1 aliphatic rings. The number of hydrogen-bond donors (Lipinski definition) is 1.